The molecule has 2 fully saturated rings. The maximum absolute atomic E-state index is 6.14. The van der Waals surface area contributed by atoms with E-state index in [0.717, 1.165) is 42.5 Å². The van der Waals surface area contributed by atoms with Gasteiger partial charge in [-0.25, -0.2) is 0 Å². The number of nitrogens with zero attached hydrogens (tertiary/aromatic N) is 1. The quantitative estimate of drug-likeness (QED) is 0.337. The van der Waals surface area contributed by atoms with Gasteiger partial charge < -0.3 is 20.4 Å². The van der Waals surface area contributed by atoms with E-state index in [1.165, 1.54) is 10.9 Å². The molecule has 2 aromatic rings. The van der Waals surface area contributed by atoms with Gasteiger partial charge in [0.05, 0.1) is 6.10 Å². The van der Waals surface area contributed by atoms with E-state index in [1.54, 1.807) is 0 Å². The van der Waals surface area contributed by atoms with E-state index in [1.807, 2.05) is 25.2 Å². The molecule has 0 bridgehead atoms. The van der Waals surface area contributed by atoms with Crippen molar-refractivity contribution in [1.82, 2.24) is 15.6 Å². The second-order valence-corrected chi connectivity index (χ2v) is 8.38. The second kappa shape index (κ2) is 8.17. The van der Waals surface area contributed by atoms with Crippen molar-refractivity contribution < 1.29 is 4.74 Å². The molecule has 7 heteroatoms. The van der Waals surface area contributed by atoms with Crippen LogP contribution >= 0.6 is 35.6 Å². The van der Waals surface area contributed by atoms with Crippen LogP contribution in [0.3, 0.4) is 0 Å². The largest absolute Gasteiger partial charge is 0.377 e. The fourth-order valence-electron chi connectivity index (χ4n) is 4.63. The third-order valence-corrected chi connectivity index (χ3v) is 6.27. The first-order valence-electron chi connectivity index (χ1n) is 9.35. The molecule has 0 spiro atoms. The molecule has 1 aromatic carbocycles. The lowest BCUT2D eigenvalue weighted by atomic mass is 9.57. The molecule has 2 aliphatic rings. The van der Waals surface area contributed by atoms with Gasteiger partial charge >= 0.3 is 0 Å². The summed E-state index contributed by atoms with van der Waals surface area (Å²) in [6.07, 6.45) is 4.49. The van der Waals surface area contributed by atoms with E-state index in [9.17, 15) is 0 Å². The van der Waals surface area contributed by atoms with Gasteiger partial charge in [-0.05, 0) is 36.6 Å². The molecule has 0 radical (unpaired) electrons. The predicted octanol–water partition coefficient (Wildman–Crippen LogP) is 3.96. The summed E-state index contributed by atoms with van der Waals surface area (Å²) in [6.45, 7) is 6.25. The molecule has 5 nitrogen and oxygen atoms in total. The molecule has 27 heavy (non-hydrogen) atoms. The van der Waals surface area contributed by atoms with Crippen LogP contribution in [0.1, 0.15) is 25.8 Å². The second-order valence-electron chi connectivity index (χ2n) is 7.94. The zero-order chi connectivity index (χ0) is 18.3. The van der Waals surface area contributed by atoms with Crippen molar-refractivity contribution in [1.29, 1.82) is 0 Å². The number of halogens is 2. The van der Waals surface area contributed by atoms with Crippen LogP contribution in [-0.4, -0.2) is 43.3 Å². The first-order chi connectivity index (χ1) is 12.5. The SMILES string of the molecule is CN=C(NCCc1c[nH]c2ccc(Cl)cc12)NC1C2CCOC2C1(C)C.I. The van der Waals surface area contributed by atoms with E-state index < -0.39 is 0 Å². The zero-order valence-corrected chi connectivity index (χ0v) is 19.1. The normalized spacial score (nSPS) is 26.2. The maximum atomic E-state index is 6.14. The van der Waals surface area contributed by atoms with E-state index in [0.29, 0.717) is 18.1 Å². The summed E-state index contributed by atoms with van der Waals surface area (Å²) in [5.74, 6) is 1.46. The Morgan fingerprint density at radius 3 is 3.00 bits per heavy atom. The van der Waals surface area contributed by atoms with E-state index in [-0.39, 0.29) is 29.4 Å². The minimum atomic E-state index is 0. The average molecular weight is 503 g/mol. The number of rotatable bonds is 4. The number of aliphatic imine (C=N–C) groups is 1. The van der Waals surface area contributed by atoms with Crippen LogP contribution in [0, 0.1) is 11.3 Å². The standard InChI is InChI=1S/C20H27ClN4O.HI/c1-20(2)17(14-7-9-26-18(14)20)25-19(22-3)23-8-6-12-11-24-16-5-4-13(21)10-15(12)16;/h4-5,10-11,14,17-18,24H,6-9H2,1-3H3,(H2,22,23,25);1H. The number of fused-ring (bicyclic) bond motifs is 2. The number of hydrogen-bond acceptors (Lipinski definition) is 2. The molecule has 1 aliphatic heterocycles. The Labute approximate surface area is 182 Å². The van der Waals surface area contributed by atoms with Crippen molar-refractivity contribution in [3.05, 3.63) is 35.0 Å². The van der Waals surface area contributed by atoms with E-state index in [4.69, 9.17) is 16.3 Å². The number of aromatic amines is 1. The van der Waals surface area contributed by atoms with Gasteiger partial charge in [-0.3, -0.25) is 4.99 Å². The lowest BCUT2D eigenvalue weighted by Gasteiger charge is -2.54. The van der Waals surface area contributed by atoms with Gasteiger partial charge in [0.25, 0.3) is 0 Å². The van der Waals surface area contributed by atoms with Crippen LogP contribution in [0.15, 0.2) is 29.4 Å². The van der Waals surface area contributed by atoms with Gasteiger partial charge in [-0.1, -0.05) is 25.4 Å². The Balaban J connectivity index is 0.00000210. The number of ether oxygens (including phenoxy) is 1. The molecule has 4 rings (SSSR count). The van der Waals surface area contributed by atoms with Crippen LogP contribution < -0.4 is 10.6 Å². The lowest BCUT2D eigenvalue weighted by molar-refractivity contribution is -0.106. The van der Waals surface area contributed by atoms with Crippen molar-refractivity contribution in [2.75, 3.05) is 20.2 Å². The molecule has 3 atom stereocenters. The summed E-state index contributed by atoms with van der Waals surface area (Å²) in [6, 6.07) is 6.36. The highest BCUT2D eigenvalue weighted by molar-refractivity contribution is 14.0. The summed E-state index contributed by atoms with van der Waals surface area (Å²) in [5.41, 5.74) is 2.53. The number of nitrogens with one attached hydrogen (secondary N) is 3. The van der Waals surface area contributed by atoms with Crippen molar-refractivity contribution in [3.63, 3.8) is 0 Å². The van der Waals surface area contributed by atoms with Gasteiger partial charge in [0.1, 0.15) is 0 Å². The Morgan fingerprint density at radius 1 is 1.41 bits per heavy atom. The highest BCUT2D eigenvalue weighted by Gasteiger charge is 2.59. The summed E-state index contributed by atoms with van der Waals surface area (Å²) >= 11 is 6.14. The first kappa shape index (κ1) is 20.7. The van der Waals surface area contributed by atoms with Crippen LogP contribution in [-0.2, 0) is 11.2 Å². The minimum Gasteiger partial charge on any atom is -0.377 e. The number of benzene rings is 1. The van der Waals surface area contributed by atoms with Crippen LogP contribution in [0.2, 0.25) is 5.02 Å². The van der Waals surface area contributed by atoms with Crippen molar-refractivity contribution >= 4 is 52.4 Å². The first-order valence-corrected chi connectivity index (χ1v) is 9.73. The molecule has 1 saturated heterocycles. The summed E-state index contributed by atoms with van der Waals surface area (Å²) < 4.78 is 5.88. The summed E-state index contributed by atoms with van der Waals surface area (Å²) in [4.78, 5) is 7.72. The van der Waals surface area contributed by atoms with Crippen molar-refractivity contribution in [2.24, 2.45) is 16.3 Å². The number of guanidine groups is 1. The Kier molecular flexibility index (Phi) is 6.27. The molecule has 148 valence electrons. The smallest absolute Gasteiger partial charge is 0.191 e. The molecular weight excluding hydrogens is 475 g/mol. The predicted molar refractivity (Wildman–Crippen MR) is 122 cm³/mol. The average Bonchev–Trinajstić information content (AvgIpc) is 3.23. The minimum absolute atomic E-state index is 0. The van der Waals surface area contributed by atoms with Gasteiger partial charge in [0.15, 0.2) is 5.96 Å². The van der Waals surface area contributed by atoms with Crippen LogP contribution in [0.25, 0.3) is 10.9 Å². The maximum Gasteiger partial charge on any atom is 0.191 e. The Morgan fingerprint density at radius 2 is 2.22 bits per heavy atom. The zero-order valence-electron chi connectivity index (χ0n) is 16.0. The monoisotopic (exact) mass is 502 g/mol. The van der Waals surface area contributed by atoms with Gasteiger partial charge in [-0.2, -0.15) is 0 Å². The van der Waals surface area contributed by atoms with Crippen LogP contribution in [0.5, 0.6) is 0 Å². The number of hydrogen-bond donors (Lipinski definition) is 3. The topological polar surface area (TPSA) is 61.4 Å². The molecule has 0 amide bonds. The molecule has 1 aromatic heterocycles. The fraction of sp³-hybridized carbons (Fsp3) is 0.550. The third-order valence-electron chi connectivity index (χ3n) is 6.03. The highest BCUT2D eigenvalue weighted by Crippen LogP contribution is 2.52. The molecule has 1 aliphatic carbocycles. The molecule has 2 heterocycles. The lowest BCUT2D eigenvalue weighted by Crippen LogP contribution is -2.68. The van der Waals surface area contributed by atoms with Gasteiger partial charge in [-0.15, -0.1) is 24.0 Å². The Bertz CT molecular complexity index is 834. The van der Waals surface area contributed by atoms with Gasteiger partial charge in [0.2, 0.25) is 0 Å². The Hall–Kier alpha value is -0.990. The van der Waals surface area contributed by atoms with Crippen molar-refractivity contribution in [3.8, 4) is 0 Å². The van der Waals surface area contributed by atoms with E-state index in [2.05, 4.69) is 40.7 Å². The highest BCUT2D eigenvalue weighted by atomic mass is 127. The van der Waals surface area contributed by atoms with Crippen molar-refractivity contribution in [2.45, 2.75) is 38.8 Å². The molecule has 1 saturated carbocycles. The fourth-order valence-corrected chi connectivity index (χ4v) is 4.80. The van der Waals surface area contributed by atoms with Crippen LogP contribution in [0.4, 0.5) is 0 Å². The molecule has 3 N–H and O–H groups in total. The van der Waals surface area contributed by atoms with Gasteiger partial charge in [0, 0.05) is 59.7 Å². The number of aromatic nitrogens is 1. The number of H-pyrrole nitrogens is 1. The summed E-state index contributed by atoms with van der Waals surface area (Å²) in [7, 11) is 1.83. The molecular formula is C20H28ClIN4O. The van der Waals surface area contributed by atoms with E-state index >= 15 is 0 Å². The summed E-state index contributed by atoms with van der Waals surface area (Å²) in [5, 5.41) is 9.03. The molecule has 3 unspecified atom stereocenters. The third kappa shape index (κ3) is 3.80.